The summed E-state index contributed by atoms with van der Waals surface area (Å²) in [5.74, 6) is 0.833. The average Bonchev–Trinajstić information content (AvgIpc) is 2.10. The molecule has 80 valence electrons. The highest BCUT2D eigenvalue weighted by Crippen LogP contribution is 2.09. The molecule has 0 aromatic carbocycles. The standard InChI is InChI=1S/C11H25NO/c1-10(2)6-5-7-11(12-3)8-9-13-4/h10-12H,5-9H2,1-4H3. The maximum atomic E-state index is 5.06. The molecule has 0 bridgehead atoms. The zero-order valence-corrected chi connectivity index (χ0v) is 9.60. The van der Waals surface area contributed by atoms with Crippen LogP contribution in [0.3, 0.4) is 0 Å². The van der Waals surface area contributed by atoms with Gasteiger partial charge in [0.15, 0.2) is 0 Å². The van der Waals surface area contributed by atoms with Gasteiger partial charge in [0.2, 0.25) is 0 Å². The first-order valence-corrected chi connectivity index (χ1v) is 5.37. The van der Waals surface area contributed by atoms with Crippen molar-refractivity contribution in [2.24, 2.45) is 5.92 Å². The van der Waals surface area contributed by atoms with E-state index in [1.165, 1.54) is 19.3 Å². The van der Waals surface area contributed by atoms with E-state index in [2.05, 4.69) is 19.2 Å². The van der Waals surface area contributed by atoms with Crippen LogP contribution in [0.2, 0.25) is 0 Å². The van der Waals surface area contributed by atoms with E-state index in [0.717, 1.165) is 18.9 Å². The summed E-state index contributed by atoms with van der Waals surface area (Å²) in [6, 6.07) is 0.638. The van der Waals surface area contributed by atoms with Crippen molar-refractivity contribution in [3.63, 3.8) is 0 Å². The predicted molar refractivity (Wildman–Crippen MR) is 58.0 cm³/mol. The summed E-state index contributed by atoms with van der Waals surface area (Å²) in [7, 11) is 3.80. The van der Waals surface area contributed by atoms with Gasteiger partial charge >= 0.3 is 0 Å². The molecular weight excluding hydrogens is 162 g/mol. The smallest absolute Gasteiger partial charge is 0.0477 e. The van der Waals surface area contributed by atoms with Crippen LogP contribution in [-0.4, -0.2) is 26.8 Å². The molecular formula is C11H25NO. The summed E-state index contributed by atoms with van der Waals surface area (Å²) >= 11 is 0. The molecule has 1 unspecified atom stereocenters. The van der Waals surface area contributed by atoms with E-state index < -0.39 is 0 Å². The Bertz CT molecular complexity index is 104. The molecule has 2 heteroatoms. The van der Waals surface area contributed by atoms with Gasteiger partial charge in [-0.15, -0.1) is 0 Å². The van der Waals surface area contributed by atoms with Crippen molar-refractivity contribution in [3.8, 4) is 0 Å². The monoisotopic (exact) mass is 187 g/mol. The lowest BCUT2D eigenvalue weighted by molar-refractivity contribution is 0.181. The third-order valence-electron chi connectivity index (χ3n) is 2.41. The van der Waals surface area contributed by atoms with E-state index in [1.54, 1.807) is 7.11 Å². The first-order valence-electron chi connectivity index (χ1n) is 5.37. The molecule has 0 aliphatic rings. The lowest BCUT2D eigenvalue weighted by Gasteiger charge is -2.15. The van der Waals surface area contributed by atoms with Crippen LogP contribution in [0.4, 0.5) is 0 Å². The minimum absolute atomic E-state index is 0.638. The van der Waals surface area contributed by atoms with Gasteiger partial charge in [-0.25, -0.2) is 0 Å². The van der Waals surface area contributed by atoms with Crippen LogP contribution in [0.25, 0.3) is 0 Å². The fourth-order valence-corrected chi connectivity index (χ4v) is 1.47. The summed E-state index contributed by atoms with van der Waals surface area (Å²) in [5, 5.41) is 3.33. The van der Waals surface area contributed by atoms with Crippen LogP contribution in [0.1, 0.15) is 39.5 Å². The lowest BCUT2D eigenvalue weighted by Crippen LogP contribution is -2.26. The van der Waals surface area contributed by atoms with Crippen LogP contribution in [0.15, 0.2) is 0 Å². The number of hydrogen-bond donors (Lipinski definition) is 1. The Hall–Kier alpha value is -0.0800. The third-order valence-corrected chi connectivity index (χ3v) is 2.41. The zero-order valence-electron chi connectivity index (χ0n) is 9.60. The van der Waals surface area contributed by atoms with Crippen LogP contribution >= 0.6 is 0 Å². The maximum absolute atomic E-state index is 5.06. The highest BCUT2D eigenvalue weighted by atomic mass is 16.5. The third kappa shape index (κ3) is 8.26. The summed E-state index contributed by atoms with van der Waals surface area (Å²) in [6.07, 6.45) is 5.07. The maximum Gasteiger partial charge on any atom is 0.0477 e. The summed E-state index contributed by atoms with van der Waals surface area (Å²) in [4.78, 5) is 0. The van der Waals surface area contributed by atoms with Crippen molar-refractivity contribution in [1.29, 1.82) is 0 Å². The van der Waals surface area contributed by atoms with Crippen LogP contribution in [0.5, 0.6) is 0 Å². The van der Waals surface area contributed by atoms with Crippen molar-refractivity contribution in [1.82, 2.24) is 5.32 Å². The molecule has 0 amide bonds. The van der Waals surface area contributed by atoms with Crippen molar-refractivity contribution in [2.75, 3.05) is 20.8 Å². The van der Waals surface area contributed by atoms with Crippen LogP contribution in [-0.2, 0) is 4.74 Å². The van der Waals surface area contributed by atoms with Gasteiger partial charge in [-0.05, 0) is 25.8 Å². The number of nitrogens with one attached hydrogen (secondary N) is 1. The first-order chi connectivity index (χ1) is 6.20. The van der Waals surface area contributed by atoms with E-state index in [0.29, 0.717) is 6.04 Å². The van der Waals surface area contributed by atoms with Gasteiger partial charge in [-0.3, -0.25) is 0 Å². The van der Waals surface area contributed by atoms with Gasteiger partial charge in [0, 0.05) is 19.8 Å². The van der Waals surface area contributed by atoms with E-state index in [9.17, 15) is 0 Å². The number of methoxy groups -OCH3 is 1. The van der Waals surface area contributed by atoms with Gasteiger partial charge < -0.3 is 10.1 Å². The molecule has 0 saturated heterocycles. The second-order valence-corrected chi connectivity index (χ2v) is 4.09. The Labute approximate surface area is 83.1 Å². The van der Waals surface area contributed by atoms with Gasteiger partial charge in [0.1, 0.15) is 0 Å². The van der Waals surface area contributed by atoms with Gasteiger partial charge in [0.25, 0.3) is 0 Å². The van der Waals surface area contributed by atoms with E-state index >= 15 is 0 Å². The highest BCUT2D eigenvalue weighted by molar-refractivity contribution is 4.64. The fourth-order valence-electron chi connectivity index (χ4n) is 1.47. The first kappa shape index (κ1) is 12.9. The fraction of sp³-hybridized carbons (Fsp3) is 1.00. The van der Waals surface area contributed by atoms with E-state index in [1.807, 2.05) is 7.05 Å². The second kappa shape index (κ2) is 8.52. The molecule has 2 nitrogen and oxygen atoms in total. The zero-order chi connectivity index (χ0) is 10.1. The molecule has 0 spiro atoms. The normalized spacial score (nSPS) is 13.6. The van der Waals surface area contributed by atoms with Crippen molar-refractivity contribution in [2.45, 2.75) is 45.6 Å². The Morgan fingerprint density at radius 3 is 2.31 bits per heavy atom. The largest absolute Gasteiger partial charge is 0.385 e. The molecule has 0 heterocycles. The van der Waals surface area contributed by atoms with Crippen molar-refractivity contribution < 1.29 is 4.74 Å². The van der Waals surface area contributed by atoms with E-state index in [-0.39, 0.29) is 0 Å². The van der Waals surface area contributed by atoms with Gasteiger partial charge in [0.05, 0.1) is 0 Å². The van der Waals surface area contributed by atoms with E-state index in [4.69, 9.17) is 4.74 Å². The Morgan fingerprint density at radius 1 is 1.15 bits per heavy atom. The Morgan fingerprint density at radius 2 is 1.85 bits per heavy atom. The number of ether oxygens (including phenoxy) is 1. The van der Waals surface area contributed by atoms with Crippen LogP contribution in [0, 0.1) is 5.92 Å². The molecule has 13 heavy (non-hydrogen) atoms. The minimum atomic E-state index is 0.638. The molecule has 0 rings (SSSR count). The Kier molecular flexibility index (Phi) is 8.46. The van der Waals surface area contributed by atoms with Gasteiger partial charge in [-0.1, -0.05) is 26.7 Å². The quantitative estimate of drug-likeness (QED) is 0.630. The van der Waals surface area contributed by atoms with Crippen molar-refractivity contribution >= 4 is 0 Å². The molecule has 0 aliphatic heterocycles. The van der Waals surface area contributed by atoms with Crippen LogP contribution < -0.4 is 5.32 Å². The molecule has 0 radical (unpaired) electrons. The SMILES string of the molecule is CNC(CCCC(C)C)CCOC. The molecule has 1 atom stereocenters. The summed E-state index contributed by atoms with van der Waals surface area (Å²) in [6.45, 7) is 5.43. The second-order valence-electron chi connectivity index (χ2n) is 4.09. The summed E-state index contributed by atoms with van der Waals surface area (Å²) < 4.78 is 5.06. The van der Waals surface area contributed by atoms with Crippen molar-refractivity contribution in [3.05, 3.63) is 0 Å². The highest BCUT2D eigenvalue weighted by Gasteiger charge is 2.05. The molecule has 0 aromatic rings. The molecule has 1 N–H and O–H groups in total. The lowest BCUT2D eigenvalue weighted by atomic mass is 10.0. The topological polar surface area (TPSA) is 21.3 Å². The molecule has 0 fully saturated rings. The van der Waals surface area contributed by atoms with Gasteiger partial charge in [-0.2, -0.15) is 0 Å². The molecule has 0 aliphatic carbocycles. The molecule has 0 aromatic heterocycles. The molecule has 0 saturated carbocycles. The minimum Gasteiger partial charge on any atom is -0.385 e. The number of rotatable bonds is 8. The summed E-state index contributed by atoms with van der Waals surface area (Å²) in [5.41, 5.74) is 0. The Balaban J connectivity index is 3.36. The predicted octanol–water partition coefficient (Wildman–Crippen LogP) is 2.44. The number of hydrogen-bond acceptors (Lipinski definition) is 2. The average molecular weight is 187 g/mol.